The van der Waals surface area contributed by atoms with E-state index in [9.17, 15) is 9.90 Å². The highest BCUT2D eigenvalue weighted by molar-refractivity contribution is 7.09. The van der Waals surface area contributed by atoms with Gasteiger partial charge in [-0.05, 0) is 25.3 Å². The van der Waals surface area contributed by atoms with E-state index in [1.54, 1.807) is 25.3 Å². The lowest BCUT2D eigenvalue weighted by atomic mass is 10.2. The van der Waals surface area contributed by atoms with E-state index >= 15 is 0 Å². The van der Waals surface area contributed by atoms with Gasteiger partial charge in [-0.25, -0.2) is 4.79 Å². The number of carbonyl (C=O) groups is 1. The summed E-state index contributed by atoms with van der Waals surface area (Å²) in [5.74, 6) is 0. The predicted octanol–water partition coefficient (Wildman–Crippen LogP) is 1.70. The molecule has 0 saturated heterocycles. The minimum Gasteiger partial charge on any atom is -0.392 e. The van der Waals surface area contributed by atoms with Gasteiger partial charge in [-0.1, -0.05) is 6.07 Å². The van der Waals surface area contributed by atoms with E-state index in [2.05, 4.69) is 11.4 Å². The van der Waals surface area contributed by atoms with Crippen LogP contribution in [0.4, 0.5) is 4.79 Å². The molecule has 2 unspecified atom stereocenters. The number of hydrogen-bond donors (Lipinski definition) is 2. The van der Waals surface area contributed by atoms with Crippen molar-refractivity contribution in [3.05, 3.63) is 22.4 Å². The van der Waals surface area contributed by atoms with Crippen molar-refractivity contribution in [2.45, 2.75) is 32.4 Å². The molecular formula is C12H20N2O2S. The lowest BCUT2D eigenvalue weighted by Gasteiger charge is -2.22. The van der Waals surface area contributed by atoms with Gasteiger partial charge in [0.05, 0.1) is 6.10 Å². The largest absolute Gasteiger partial charge is 0.392 e. The number of rotatable bonds is 5. The van der Waals surface area contributed by atoms with Crippen LogP contribution in [0.1, 0.15) is 18.7 Å². The van der Waals surface area contributed by atoms with Crippen molar-refractivity contribution >= 4 is 17.4 Å². The van der Waals surface area contributed by atoms with Crippen molar-refractivity contribution in [2.24, 2.45) is 0 Å². The molecule has 1 heterocycles. The van der Waals surface area contributed by atoms with Crippen LogP contribution in [0.3, 0.4) is 0 Å². The van der Waals surface area contributed by atoms with E-state index in [0.29, 0.717) is 6.54 Å². The number of nitrogens with one attached hydrogen (secondary N) is 1. The quantitative estimate of drug-likeness (QED) is 0.842. The summed E-state index contributed by atoms with van der Waals surface area (Å²) < 4.78 is 0. The fourth-order valence-corrected chi connectivity index (χ4v) is 2.42. The third-order valence-corrected chi connectivity index (χ3v) is 3.24. The predicted molar refractivity (Wildman–Crippen MR) is 70.3 cm³/mol. The highest BCUT2D eigenvalue weighted by atomic mass is 32.1. The fourth-order valence-electron chi connectivity index (χ4n) is 1.58. The molecule has 17 heavy (non-hydrogen) atoms. The third-order valence-electron chi connectivity index (χ3n) is 2.34. The van der Waals surface area contributed by atoms with Gasteiger partial charge in [-0.3, -0.25) is 0 Å². The number of urea groups is 1. The molecule has 0 aliphatic carbocycles. The minimum atomic E-state index is -0.502. The van der Waals surface area contributed by atoms with E-state index < -0.39 is 6.10 Å². The van der Waals surface area contributed by atoms with Gasteiger partial charge in [-0.2, -0.15) is 0 Å². The molecule has 2 atom stereocenters. The van der Waals surface area contributed by atoms with Gasteiger partial charge >= 0.3 is 6.03 Å². The van der Waals surface area contributed by atoms with Crippen molar-refractivity contribution in [1.29, 1.82) is 0 Å². The average Bonchev–Trinajstić information content (AvgIpc) is 2.68. The summed E-state index contributed by atoms with van der Waals surface area (Å²) in [6.07, 6.45) is 0.338. The first-order valence-electron chi connectivity index (χ1n) is 5.71. The maximum absolute atomic E-state index is 11.7. The third kappa shape index (κ3) is 5.19. The Hall–Kier alpha value is -1.07. The maximum atomic E-state index is 11.7. The highest BCUT2D eigenvalue weighted by Gasteiger charge is 2.13. The number of carbonyl (C=O) groups excluding carboxylic acids is 1. The molecule has 0 spiro atoms. The van der Waals surface area contributed by atoms with Crippen LogP contribution >= 0.6 is 11.3 Å². The van der Waals surface area contributed by atoms with Crippen molar-refractivity contribution in [3.8, 4) is 0 Å². The average molecular weight is 256 g/mol. The zero-order valence-electron chi connectivity index (χ0n) is 10.5. The highest BCUT2D eigenvalue weighted by Crippen LogP contribution is 2.10. The first kappa shape index (κ1) is 14.0. The molecule has 2 amide bonds. The molecule has 0 aliphatic rings. The van der Waals surface area contributed by atoms with Crippen LogP contribution in [0.2, 0.25) is 0 Å². The molecule has 1 rings (SSSR count). The lowest BCUT2D eigenvalue weighted by molar-refractivity contribution is 0.142. The number of amides is 2. The van der Waals surface area contributed by atoms with Crippen molar-refractivity contribution in [1.82, 2.24) is 10.2 Å². The van der Waals surface area contributed by atoms with E-state index in [1.165, 1.54) is 9.78 Å². The Morgan fingerprint density at radius 1 is 1.59 bits per heavy atom. The molecule has 2 N–H and O–H groups in total. The summed E-state index contributed by atoms with van der Waals surface area (Å²) in [4.78, 5) is 14.5. The van der Waals surface area contributed by atoms with E-state index in [4.69, 9.17) is 0 Å². The normalized spacial score (nSPS) is 14.1. The van der Waals surface area contributed by atoms with Crippen LogP contribution in [0, 0.1) is 0 Å². The molecule has 0 bridgehead atoms. The molecule has 1 aromatic heterocycles. The summed E-state index contributed by atoms with van der Waals surface area (Å²) in [6.45, 7) is 3.99. The minimum absolute atomic E-state index is 0.0950. The smallest absolute Gasteiger partial charge is 0.317 e. The molecular weight excluding hydrogens is 236 g/mol. The Labute approximate surface area is 106 Å². The van der Waals surface area contributed by atoms with Gasteiger partial charge in [0.1, 0.15) is 0 Å². The molecule has 96 valence electrons. The molecule has 5 heteroatoms. The Balaban J connectivity index is 2.35. The molecule has 0 aliphatic heterocycles. The fraction of sp³-hybridized carbons (Fsp3) is 0.583. The van der Waals surface area contributed by atoms with Crippen molar-refractivity contribution < 1.29 is 9.90 Å². The van der Waals surface area contributed by atoms with Gasteiger partial charge in [-0.15, -0.1) is 11.3 Å². The number of aliphatic hydroxyl groups excluding tert-OH is 1. The second kappa shape index (κ2) is 6.61. The van der Waals surface area contributed by atoms with Crippen molar-refractivity contribution in [2.75, 3.05) is 13.6 Å². The summed E-state index contributed by atoms with van der Waals surface area (Å²) in [5.41, 5.74) is 0. The first-order chi connectivity index (χ1) is 7.99. The van der Waals surface area contributed by atoms with E-state index in [1.807, 2.05) is 18.4 Å². The molecule has 0 aromatic carbocycles. The number of thiophene rings is 1. The van der Waals surface area contributed by atoms with Crippen LogP contribution in [0.5, 0.6) is 0 Å². The molecule has 0 radical (unpaired) electrons. The van der Waals surface area contributed by atoms with Crippen LogP contribution < -0.4 is 5.32 Å². The van der Waals surface area contributed by atoms with Crippen LogP contribution in [0.15, 0.2) is 17.5 Å². The monoisotopic (exact) mass is 256 g/mol. The maximum Gasteiger partial charge on any atom is 0.317 e. The van der Waals surface area contributed by atoms with Gasteiger partial charge in [0.15, 0.2) is 0 Å². The Kier molecular flexibility index (Phi) is 5.44. The second-order valence-electron chi connectivity index (χ2n) is 4.36. The number of hydrogen-bond acceptors (Lipinski definition) is 3. The van der Waals surface area contributed by atoms with Crippen LogP contribution in [-0.2, 0) is 6.42 Å². The Morgan fingerprint density at radius 3 is 2.82 bits per heavy atom. The summed E-state index contributed by atoms with van der Waals surface area (Å²) in [5, 5.41) is 14.1. The van der Waals surface area contributed by atoms with Crippen LogP contribution in [-0.4, -0.2) is 41.8 Å². The van der Waals surface area contributed by atoms with E-state index in [0.717, 1.165) is 6.42 Å². The Morgan fingerprint density at radius 2 is 2.29 bits per heavy atom. The Bertz CT molecular complexity index is 338. The molecule has 0 fully saturated rings. The molecule has 0 saturated carbocycles. The van der Waals surface area contributed by atoms with Gasteiger partial charge in [0.25, 0.3) is 0 Å². The van der Waals surface area contributed by atoms with Gasteiger partial charge in [0, 0.05) is 30.9 Å². The summed E-state index contributed by atoms with van der Waals surface area (Å²) >= 11 is 1.69. The first-order valence-corrected chi connectivity index (χ1v) is 6.59. The number of aliphatic hydroxyl groups is 1. The zero-order valence-corrected chi connectivity index (χ0v) is 11.3. The zero-order chi connectivity index (χ0) is 12.8. The SMILES string of the molecule is CC(O)CN(C)C(=O)NC(C)Cc1cccs1. The van der Waals surface area contributed by atoms with Crippen LogP contribution in [0.25, 0.3) is 0 Å². The van der Waals surface area contributed by atoms with Gasteiger partial charge in [0.2, 0.25) is 0 Å². The van der Waals surface area contributed by atoms with Gasteiger partial charge < -0.3 is 15.3 Å². The molecule has 1 aromatic rings. The second-order valence-corrected chi connectivity index (χ2v) is 5.40. The summed E-state index contributed by atoms with van der Waals surface area (Å²) in [7, 11) is 1.68. The standard InChI is InChI=1S/C12H20N2O2S/c1-9(7-11-5-4-6-17-11)13-12(16)14(3)8-10(2)15/h4-6,9-10,15H,7-8H2,1-3H3,(H,13,16). The number of nitrogens with zero attached hydrogens (tertiary/aromatic N) is 1. The van der Waals surface area contributed by atoms with Crippen molar-refractivity contribution in [3.63, 3.8) is 0 Å². The topological polar surface area (TPSA) is 52.6 Å². The lowest BCUT2D eigenvalue weighted by Crippen LogP contribution is -2.44. The summed E-state index contributed by atoms with van der Waals surface area (Å²) in [6, 6.07) is 4.02. The molecule has 4 nitrogen and oxygen atoms in total. The van der Waals surface area contributed by atoms with E-state index in [-0.39, 0.29) is 12.1 Å². The number of likely N-dealkylation sites (N-methyl/N-ethyl adjacent to an activating group) is 1.